The Morgan fingerprint density at radius 1 is 1.04 bits per heavy atom. The minimum absolute atomic E-state index is 0.0875. The van der Waals surface area contributed by atoms with Crippen molar-refractivity contribution < 1.29 is 22.7 Å². The molecule has 0 atom stereocenters. The fraction of sp³-hybridized carbons (Fsp3) is 0.278. The summed E-state index contributed by atoms with van der Waals surface area (Å²) in [5.74, 6) is 1.17. The van der Waals surface area contributed by atoms with Crippen molar-refractivity contribution in [1.29, 1.82) is 0 Å². The average Bonchev–Trinajstić information content (AvgIpc) is 2.57. The molecule has 0 aromatic heterocycles. The standard InChI is InChI=1S/C18H19NO5S/c1-23-16-5-3-4-6-17(16)24-14-11-19(12-14)18(20)13-7-9-15(10-8-13)25(2,21)22/h3-10,14H,11-12H2,1-2H3. The van der Waals surface area contributed by atoms with E-state index in [0.717, 1.165) is 6.26 Å². The predicted molar refractivity (Wildman–Crippen MR) is 92.9 cm³/mol. The second-order valence-electron chi connectivity index (χ2n) is 5.90. The summed E-state index contributed by atoms with van der Waals surface area (Å²) in [6.07, 6.45) is 1.05. The summed E-state index contributed by atoms with van der Waals surface area (Å²) >= 11 is 0. The number of benzene rings is 2. The Morgan fingerprint density at radius 3 is 2.20 bits per heavy atom. The monoisotopic (exact) mass is 361 g/mol. The largest absolute Gasteiger partial charge is 0.493 e. The number of hydrogen-bond donors (Lipinski definition) is 0. The molecule has 1 amide bonds. The molecule has 1 heterocycles. The van der Waals surface area contributed by atoms with Crippen LogP contribution < -0.4 is 9.47 Å². The molecule has 3 rings (SSSR count). The number of ether oxygens (including phenoxy) is 2. The van der Waals surface area contributed by atoms with Gasteiger partial charge < -0.3 is 14.4 Å². The number of methoxy groups -OCH3 is 1. The summed E-state index contributed by atoms with van der Waals surface area (Å²) < 4.78 is 34.0. The van der Waals surface area contributed by atoms with Crippen LogP contribution in [0.15, 0.2) is 53.4 Å². The first-order valence-electron chi connectivity index (χ1n) is 7.77. The topological polar surface area (TPSA) is 72.9 Å². The van der Waals surface area contributed by atoms with Gasteiger partial charge in [-0.2, -0.15) is 0 Å². The molecule has 0 aliphatic carbocycles. The molecule has 0 saturated carbocycles. The van der Waals surface area contributed by atoms with Gasteiger partial charge >= 0.3 is 0 Å². The predicted octanol–water partition coefficient (Wildman–Crippen LogP) is 2.00. The van der Waals surface area contributed by atoms with Crippen LogP contribution in [-0.2, 0) is 9.84 Å². The van der Waals surface area contributed by atoms with Crippen molar-refractivity contribution in [2.75, 3.05) is 26.5 Å². The van der Waals surface area contributed by atoms with E-state index in [1.54, 1.807) is 12.0 Å². The van der Waals surface area contributed by atoms with Gasteiger partial charge in [0.15, 0.2) is 21.3 Å². The summed E-state index contributed by atoms with van der Waals surface area (Å²) in [4.78, 5) is 14.3. The Morgan fingerprint density at radius 2 is 1.64 bits per heavy atom. The van der Waals surface area contributed by atoms with Crippen molar-refractivity contribution in [2.45, 2.75) is 11.0 Å². The van der Waals surface area contributed by atoms with Gasteiger partial charge in [-0.15, -0.1) is 0 Å². The minimum Gasteiger partial charge on any atom is -0.493 e. The van der Waals surface area contributed by atoms with E-state index in [-0.39, 0.29) is 16.9 Å². The van der Waals surface area contributed by atoms with Crippen LogP contribution >= 0.6 is 0 Å². The van der Waals surface area contributed by atoms with E-state index in [9.17, 15) is 13.2 Å². The van der Waals surface area contributed by atoms with Crippen LogP contribution in [0.3, 0.4) is 0 Å². The zero-order valence-corrected chi connectivity index (χ0v) is 14.8. The fourth-order valence-electron chi connectivity index (χ4n) is 2.60. The Bertz CT molecular complexity index is 871. The van der Waals surface area contributed by atoms with E-state index < -0.39 is 9.84 Å². The fourth-order valence-corrected chi connectivity index (χ4v) is 3.23. The second-order valence-corrected chi connectivity index (χ2v) is 7.91. The number of carbonyl (C=O) groups is 1. The average molecular weight is 361 g/mol. The van der Waals surface area contributed by atoms with E-state index in [1.165, 1.54) is 24.3 Å². The molecule has 132 valence electrons. The molecule has 0 N–H and O–H groups in total. The van der Waals surface area contributed by atoms with Crippen LogP contribution in [0.1, 0.15) is 10.4 Å². The number of likely N-dealkylation sites (tertiary alicyclic amines) is 1. The lowest BCUT2D eigenvalue weighted by Gasteiger charge is -2.39. The number of carbonyl (C=O) groups excluding carboxylic acids is 1. The number of rotatable bonds is 5. The molecule has 7 heteroatoms. The van der Waals surface area contributed by atoms with Crippen molar-refractivity contribution in [3.63, 3.8) is 0 Å². The van der Waals surface area contributed by atoms with Gasteiger partial charge in [-0.1, -0.05) is 12.1 Å². The second kappa shape index (κ2) is 6.76. The van der Waals surface area contributed by atoms with Crippen molar-refractivity contribution in [3.8, 4) is 11.5 Å². The lowest BCUT2D eigenvalue weighted by atomic mass is 10.1. The highest BCUT2D eigenvalue weighted by Crippen LogP contribution is 2.29. The SMILES string of the molecule is COc1ccccc1OC1CN(C(=O)c2ccc(S(C)(=O)=O)cc2)C1. The third-order valence-corrected chi connectivity index (χ3v) is 5.16. The van der Waals surface area contributed by atoms with E-state index in [1.807, 2.05) is 24.3 Å². The summed E-state index contributed by atoms with van der Waals surface area (Å²) in [6, 6.07) is 13.3. The third-order valence-electron chi connectivity index (χ3n) is 4.03. The van der Waals surface area contributed by atoms with Crippen LogP contribution in [0.2, 0.25) is 0 Å². The Kier molecular flexibility index (Phi) is 4.67. The van der Waals surface area contributed by atoms with Gasteiger partial charge in [0.2, 0.25) is 0 Å². The molecule has 25 heavy (non-hydrogen) atoms. The van der Waals surface area contributed by atoms with Crippen LogP contribution in [0.4, 0.5) is 0 Å². The van der Waals surface area contributed by atoms with Crippen LogP contribution in [0.25, 0.3) is 0 Å². The molecule has 1 aliphatic heterocycles. The summed E-state index contributed by atoms with van der Waals surface area (Å²) in [5, 5.41) is 0. The maximum atomic E-state index is 12.4. The highest BCUT2D eigenvalue weighted by molar-refractivity contribution is 7.90. The maximum Gasteiger partial charge on any atom is 0.254 e. The zero-order chi connectivity index (χ0) is 18.0. The Hall–Kier alpha value is -2.54. The third kappa shape index (κ3) is 3.76. The van der Waals surface area contributed by atoms with Gasteiger partial charge in [0.1, 0.15) is 6.10 Å². The van der Waals surface area contributed by atoms with Gasteiger partial charge in [-0.3, -0.25) is 4.79 Å². The van der Waals surface area contributed by atoms with Crippen molar-refractivity contribution in [1.82, 2.24) is 4.90 Å². The first kappa shape index (κ1) is 17.3. The van der Waals surface area contributed by atoms with Gasteiger partial charge in [0.05, 0.1) is 25.1 Å². The Labute approximate surface area is 146 Å². The lowest BCUT2D eigenvalue weighted by Crippen LogP contribution is -2.56. The molecule has 1 fully saturated rings. The zero-order valence-electron chi connectivity index (χ0n) is 14.0. The van der Waals surface area contributed by atoms with E-state index in [2.05, 4.69) is 0 Å². The van der Waals surface area contributed by atoms with E-state index in [0.29, 0.717) is 30.2 Å². The summed E-state index contributed by atoms with van der Waals surface area (Å²) in [6.45, 7) is 0.954. The molecular weight excluding hydrogens is 342 g/mol. The first-order valence-corrected chi connectivity index (χ1v) is 9.66. The normalized spacial score (nSPS) is 14.7. The number of amides is 1. The van der Waals surface area contributed by atoms with Crippen LogP contribution in [-0.4, -0.2) is 51.8 Å². The summed E-state index contributed by atoms with van der Waals surface area (Å²) in [7, 11) is -1.68. The van der Waals surface area contributed by atoms with Gasteiger partial charge in [0.25, 0.3) is 5.91 Å². The van der Waals surface area contributed by atoms with Crippen LogP contribution in [0.5, 0.6) is 11.5 Å². The number of hydrogen-bond acceptors (Lipinski definition) is 5. The molecule has 2 aromatic rings. The quantitative estimate of drug-likeness (QED) is 0.814. The molecular formula is C18H19NO5S. The molecule has 0 bridgehead atoms. The van der Waals surface area contributed by atoms with Crippen molar-refractivity contribution in [2.24, 2.45) is 0 Å². The summed E-state index contributed by atoms with van der Waals surface area (Å²) in [5.41, 5.74) is 0.461. The highest BCUT2D eigenvalue weighted by atomic mass is 32.2. The Balaban J connectivity index is 1.60. The lowest BCUT2D eigenvalue weighted by molar-refractivity contribution is 0.0169. The van der Waals surface area contributed by atoms with Crippen molar-refractivity contribution in [3.05, 3.63) is 54.1 Å². The number of sulfone groups is 1. The van der Waals surface area contributed by atoms with Gasteiger partial charge in [0, 0.05) is 11.8 Å². The molecule has 1 aliphatic rings. The number of para-hydroxylation sites is 2. The molecule has 6 nitrogen and oxygen atoms in total. The smallest absolute Gasteiger partial charge is 0.254 e. The van der Waals surface area contributed by atoms with Gasteiger partial charge in [-0.25, -0.2) is 8.42 Å². The first-order chi connectivity index (χ1) is 11.9. The van der Waals surface area contributed by atoms with Gasteiger partial charge in [-0.05, 0) is 36.4 Å². The van der Waals surface area contributed by atoms with E-state index in [4.69, 9.17) is 9.47 Å². The molecule has 1 saturated heterocycles. The number of nitrogens with zero attached hydrogens (tertiary/aromatic N) is 1. The van der Waals surface area contributed by atoms with Crippen LogP contribution in [0, 0.1) is 0 Å². The maximum absolute atomic E-state index is 12.4. The minimum atomic E-state index is -3.26. The highest BCUT2D eigenvalue weighted by Gasteiger charge is 2.33. The van der Waals surface area contributed by atoms with Crippen molar-refractivity contribution >= 4 is 15.7 Å². The van der Waals surface area contributed by atoms with E-state index >= 15 is 0 Å². The molecule has 2 aromatic carbocycles. The molecule has 0 spiro atoms. The molecule has 0 radical (unpaired) electrons. The molecule has 0 unspecified atom stereocenters.